The minimum Gasteiger partial charge on any atom is -0.309 e. The zero-order chi connectivity index (χ0) is 35.3. The largest absolute Gasteiger partial charge is 0.309 e. The van der Waals surface area contributed by atoms with Gasteiger partial charge in [0.05, 0.1) is 22.1 Å². The van der Waals surface area contributed by atoms with Gasteiger partial charge in [-0.05, 0) is 116 Å². The molecule has 3 nitrogen and oxygen atoms in total. The van der Waals surface area contributed by atoms with Gasteiger partial charge in [0.2, 0.25) is 0 Å². The fourth-order valence-corrected chi connectivity index (χ4v) is 9.20. The van der Waals surface area contributed by atoms with Crippen LogP contribution in [0, 0.1) is 0 Å². The summed E-state index contributed by atoms with van der Waals surface area (Å²) in [4.78, 5) is 4.52. The van der Waals surface area contributed by atoms with E-state index in [2.05, 4.69) is 190 Å². The van der Waals surface area contributed by atoms with E-state index in [0.29, 0.717) is 0 Å². The molecule has 0 spiro atoms. The molecule has 12 rings (SSSR count). The summed E-state index contributed by atoms with van der Waals surface area (Å²) in [6.07, 6.45) is 3.88. The van der Waals surface area contributed by atoms with E-state index in [1.54, 1.807) is 0 Å². The summed E-state index contributed by atoms with van der Waals surface area (Å²) in [6, 6.07) is 64.5. The van der Waals surface area contributed by atoms with Crippen molar-refractivity contribution in [2.24, 2.45) is 0 Å². The van der Waals surface area contributed by atoms with E-state index in [0.717, 1.165) is 22.3 Å². The molecule has 3 aromatic heterocycles. The number of para-hydroxylation sites is 2. The molecule has 8 aromatic carbocycles. The van der Waals surface area contributed by atoms with Crippen LogP contribution in [0.1, 0.15) is 0 Å². The Morgan fingerprint density at radius 3 is 1.70 bits per heavy atom. The van der Waals surface area contributed by atoms with Crippen molar-refractivity contribution in [2.45, 2.75) is 0 Å². The molecule has 0 saturated heterocycles. The number of pyridine rings is 1. The lowest BCUT2D eigenvalue weighted by atomic mass is 9.94. The SMILES string of the molecule is c1ccc(-n2c3ccncc3c3cc(-c4ccc5c(c4)c4ccccc4n5-c4cccc(-c5ccc6c7c(cccc57)-c5ccccc5-6)c4)ccc32)cc1. The predicted octanol–water partition coefficient (Wildman–Crippen LogP) is 13.4. The van der Waals surface area contributed by atoms with Gasteiger partial charge in [0.15, 0.2) is 0 Å². The van der Waals surface area contributed by atoms with Gasteiger partial charge in [-0.3, -0.25) is 4.98 Å². The van der Waals surface area contributed by atoms with Crippen molar-refractivity contribution in [1.82, 2.24) is 14.1 Å². The quantitative estimate of drug-likeness (QED) is 0.181. The Bertz CT molecular complexity index is 3300. The molecule has 1 aliphatic carbocycles. The maximum Gasteiger partial charge on any atom is 0.0571 e. The second kappa shape index (κ2) is 11.1. The third-order valence-corrected chi connectivity index (χ3v) is 11.6. The lowest BCUT2D eigenvalue weighted by Crippen LogP contribution is -1.94. The Morgan fingerprint density at radius 2 is 0.889 bits per heavy atom. The minimum absolute atomic E-state index is 1.15. The first-order valence-corrected chi connectivity index (χ1v) is 18.5. The molecule has 0 bridgehead atoms. The van der Waals surface area contributed by atoms with Crippen LogP contribution in [0.2, 0.25) is 0 Å². The van der Waals surface area contributed by atoms with Gasteiger partial charge in [0.25, 0.3) is 0 Å². The maximum atomic E-state index is 4.52. The molecule has 0 atom stereocenters. The maximum absolute atomic E-state index is 4.52. The molecule has 0 amide bonds. The number of fused-ring (bicyclic) bond motifs is 9. The van der Waals surface area contributed by atoms with Crippen LogP contribution < -0.4 is 0 Å². The highest BCUT2D eigenvalue weighted by molar-refractivity contribution is 6.19. The van der Waals surface area contributed by atoms with Crippen LogP contribution in [0.5, 0.6) is 0 Å². The zero-order valence-electron chi connectivity index (χ0n) is 29.2. The molecule has 0 radical (unpaired) electrons. The highest BCUT2D eigenvalue weighted by atomic mass is 15.0. The summed E-state index contributed by atoms with van der Waals surface area (Å²) in [6.45, 7) is 0. The van der Waals surface area contributed by atoms with Crippen molar-refractivity contribution in [3.8, 4) is 55.9 Å². The van der Waals surface area contributed by atoms with E-state index in [1.165, 1.54) is 88.0 Å². The summed E-state index contributed by atoms with van der Waals surface area (Å²) in [5.41, 5.74) is 17.2. The summed E-state index contributed by atoms with van der Waals surface area (Å²) < 4.78 is 4.76. The average Bonchev–Trinajstić information content (AvgIpc) is 3.87. The van der Waals surface area contributed by atoms with Crippen molar-refractivity contribution in [3.05, 3.63) is 188 Å². The summed E-state index contributed by atoms with van der Waals surface area (Å²) in [5, 5.41) is 7.49. The molecule has 0 unspecified atom stereocenters. The van der Waals surface area contributed by atoms with E-state index >= 15 is 0 Å². The Kier molecular flexibility index (Phi) is 6.05. The number of rotatable bonds is 4. The van der Waals surface area contributed by atoms with Gasteiger partial charge in [0, 0.05) is 45.3 Å². The molecule has 0 fully saturated rings. The third-order valence-electron chi connectivity index (χ3n) is 11.6. The third kappa shape index (κ3) is 4.09. The second-order valence-electron chi connectivity index (χ2n) is 14.4. The van der Waals surface area contributed by atoms with Crippen LogP contribution in [0.25, 0.3) is 110 Å². The average molecular weight is 686 g/mol. The number of hydrogen-bond acceptors (Lipinski definition) is 1. The fourth-order valence-electron chi connectivity index (χ4n) is 9.20. The van der Waals surface area contributed by atoms with Crippen LogP contribution in [0.15, 0.2) is 188 Å². The van der Waals surface area contributed by atoms with E-state index in [1.807, 2.05) is 12.4 Å². The summed E-state index contributed by atoms with van der Waals surface area (Å²) in [7, 11) is 0. The van der Waals surface area contributed by atoms with Crippen molar-refractivity contribution in [2.75, 3.05) is 0 Å². The first-order chi connectivity index (χ1) is 26.8. The van der Waals surface area contributed by atoms with Gasteiger partial charge in [-0.1, -0.05) is 115 Å². The van der Waals surface area contributed by atoms with Crippen molar-refractivity contribution >= 4 is 54.4 Å². The molecular formula is C51H31N3. The zero-order valence-corrected chi connectivity index (χ0v) is 29.2. The molecule has 250 valence electrons. The summed E-state index contributed by atoms with van der Waals surface area (Å²) >= 11 is 0. The highest BCUT2D eigenvalue weighted by Crippen LogP contribution is 2.49. The molecular weight excluding hydrogens is 655 g/mol. The fraction of sp³-hybridized carbons (Fsp3) is 0. The summed E-state index contributed by atoms with van der Waals surface area (Å²) in [5.74, 6) is 0. The highest BCUT2D eigenvalue weighted by Gasteiger charge is 2.23. The van der Waals surface area contributed by atoms with Gasteiger partial charge in [-0.2, -0.15) is 0 Å². The van der Waals surface area contributed by atoms with Gasteiger partial charge in [-0.15, -0.1) is 0 Å². The Morgan fingerprint density at radius 1 is 0.315 bits per heavy atom. The van der Waals surface area contributed by atoms with E-state index in [4.69, 9.17) is 0 Å². The molecule has 11 aromatic rings. The van der Waals surface area contributed by atoms with Crippen LogP contribution in [-0.2, 0) is 0 Å². The van der Waals surface area contributed by atoms with Crippen molar-refractivity contribution in [3.63, 3.8) is 0 Å². The number of nitrogens with zero attached hydrogens (tertiary/aromatic N) is 3. The van der Waals surface area contributed by atoms with Crippen LogP contribution in [-0.4, -0.2) is 14.1 Å². The molecule has 1 aliphatic rings. The monoisotopic (exact) mass is 685 g/mol. The van der Waals surface area contributed by atoms with Crippen LogP contribution in [0.3, 0.4) is 0 Å². The molecule has 0 aliphatic heterocycles. The van der Waals surface area contributed by atoms with Gasteiger partial charge in [0.1, 0.15) is 0 Å². The first kappa shape index (κ1) is 29.4. The van der Waals surface area contributed by atoms with E-state index in [9.17, 15) is 0 Å². The predicted molar refractivity (Wildman–Crippen MR) is 226 cm³/mol. The number of benzene rings is 8. The first-order valence-electron chi connectivity index (χ1n) is 18.5. The topological polar surface area (TPSA) is 22.8 Å². The second-order valence-corrected chi connectivity index (χ2v) is 14.4. The van der Waals surface area contributed by atoms with Crippen LogP contribution >= 0.6 is 0 Å². The standard InChI is InChI=1S/C51H31N3/c1-2-11-35(12-3-1)53-49-25-21-33(30-45(49)46-31-52-27-26-50(46)53)32-20-24-48-44(29-32)40-16-6-7-19-47(40)54(48)36-13-8-10-34(28-36)37-22-23-43-39-15-5-4-14-38(39)42-18-9-17-41(37)51(42)43/h1-31H. The molecule has 0 N–H and O–H groups in total. The van der Waals surface area contributed by atoms with Gasteiger partial charge in [-0.25, -0.2) is 0 Å². The Hall–Kier alpha value is -7.23. The van der Waals surface area contributed by atoms with Crippen LogP contribution in [0.4, 0.5) is 0 Å². The molecule has 54 heavy (non-hydrogen) atoms. The van der Waals surface area contributed by atoms with E-state index in [-0.39, 0.29) is 0 Å². The van der Waals surface area contributed by atoms with Gasteiger partial charge < -0.3 is 9.13 Å². The van der Waals surface area contributed by atoms with Crippen molar-refractivity contribution < 1.29 is 0 Å². The number of hydrogen-bond donors (Lipinski definition) is 0. The molecule has 0 saturated carbocycles. The lowest BCUT2D eigenvalue weighted by Gasteiger charge is -2.13. The van der Waals surface area contributed by atoms with Gasteiger partial charge >= 0.3 is 0 Å². The molecule has 3 heteroatoms. The Labute approximate surface area is 311 Å². The van der Waals surface area contributed by atoms with Crippen molar-refractivity contribution in [1.29, 1.82) is 0 Å². The normalized spacial score (nSPS) is 12.1. The van der Waals surface area contributed by atoms with E-state index < -0.39 is 0 Å². The Balaban J connectivity index is 1.01. The smallest absolute Gasteiger partial charge is 0.0571 e. The minimum atomic E-state index is 1.15. The molecule has 3 heterocycles. The number of aromatic nitrogens is 3. The lowest BCUT2D eigenvalue weighted by molar-refractivity contribution is 1.17.